The van der Waals surface area contributed by atoms with Gasteiger partial charge in [0.25, 0.3) is 0 Å². The van der Waals surface area contributed by atoms with Gasteiger partial charge in [-0.2, -0.15) is 4.98 Å². The first kappa shape index (κ1) is 18.9. The highest BCUT2D eigenvalue weighted by Crippen LogP contribution is 2.29. The summed E-state index contributed by atoms with van der Waals surface area (Å²) < 4.78 is 5.46. The average Bonchev–Trinajstić information content (AvgIpc) is 3.10. The third-order valence-corrected chi connectivity index (χ3v) is 6.03. The fourth-order valence-electron chi connectivity index (χ4n) is 4.43. The van der Waals surface area contributed by atoms with Gasteiger partial charge in [-0.15, -0.1) is 0 Å². The van der Waals surface area contributed by atoms with Gasteiger partial charge >= 0.3 is 0 Å². The molecule has 1 aromatic rings. The molecule has 4 rings (SSSR count). The van der Waals surface area contributed by atoms with Gasteiger partial charge in [0.05, 0.1) is 18.8 Å². The second-order valence-electron chi connectivity index (χ2n) is 8.20. The topological polar surface area (TPSA) is 65.0 Å². The van der Waals surface area contributed by atoms with Crippen molar-refractivity contribution in [3.8, 4) is 0 Å². The summed E-state index contributed by atoms with van der Waals surface area (Å²) in [4.78, 5) is 16.5. The zero-order chi connectivity index (χ0) is 18.7. The second-order valence-corrected chi connectivity index (χ2v) is 8.20. The Bertz CT molecular complexity index is 631. The van der Waals surface area contributed by atoms with Gasteiger partial charge in [-0.05, 0) is 38.8 Å². The van der Waals surface area contributed by atoms with Crippen LogP contribution < -0.4 is 9.80 Å². The number of β-amino-alcohol motifs (C(OH)–C–C–N with tert-alkyl or cyclic N) is 1. The van der Waals surface area contributed by atoms with E-state index in [0.717, 1.165) is 82.8 Å². The molecule has 3 saturated heterocycles. The number of ether oxygens (including phenoxy) is 1. The van der Waals surface area contributed by atoms with E-state index in [1.807, 2.05) is 0 Å². The average molecular weight is 376 g/mol. The molecule has 0 spiro atoms. The molecule has 0 radical (unpaired) electrons. The summed E-state index contributed by atoms with van der Waals surface area (Å²) in [5, 5.41) is 11.2. The predicted octanol–water partition coefficient (Wildman–Crippen LogP) is 1.30. The number of anilines is 2. The number of nitrogens with zero attached hydrogens (tertiary/aromatic N) is 5. The standard InChI is InChI=1S/C20H33N5O2/c1-2-17-14-18(22-19(21-17)24-10-12-27-13-11-24)25-9-6-20(26,16-25)15-23-7-4-3-5-8-23/h14,26H,2-13,15-16H2,1H3. The summed E-state index contributed by atoms with van der Waals surface area (Å²) in [7, 11) is 0. The van der Waals surface area contributed by atoms with Gasteiger partial charge in [0.2, 0.25) is 5.95 Å². The summed E-state index contributed by atoms with van der Waals surface area (Å²) in [6, 6.07) is 2.09. The molecule has 3 aliphatic rings. The maximum absolute atomic E-state index is 11.2. The fourth-order valence-corrected chi connectivity index (χ4v) is 4.43. The highest BCUT2D eigenvalue weighted by molar-refractivity contribution is 5.48. The minimum atomic E-state index is -0.631. The third-order valence-electron chi connectivity index (χ3n) is 6.03. The number of aryl methyl sites for hydroxylation is 1. The van der Waals surface area contributed by atoms with E-state index < -0.39 is 5.60 Å². The smallest absolute Gasteiger partial charge is 0.227 e. The molecule has 0 saturated carbocycles. The SMILES string of the molecule is CCc1cc(N2CCC(O)(CN3CCCCC3)C2)nc(N2CCOCC2)n1. The van der Waals surface area contributed by atoms with Gasteiger partial charge < -0.3 is 24.5 Å². The van der Waals surface area contributed by atoms with Crippen LogP contribution in [0.3, 0.4) is 0 Å². The van der Waals surface area contributed by atoms with Crippen molar-refractivity contribution in [3.63, 3.8) is 0 Å². The summed E-state index contributed by atoms with van der Waals surface area (Å²) in [6.45, 7) is 9.81. The first-order valence-electron chi connectivity index (χ1n) is 10.6. The van der Waals surface area contributed by atoms with Crippen LogP contribution in [0.1, 0.15) is 38.3 Å². The van der Waals surface area contributed by atoms with Gasteiger partial charge in [0.15, 0.2) is 0 Å². The first-order chi connectivity index (χ1) is 13.1. The Hall–Kier alpha value is -1.44. The Morgan fingerprint density at radius 2 is 1.81 bits per heavy atom. The van der Waals surface area contributed by atoms with Gasteiger partial charge in [0, 0.05) is 44.5 Å². The van der Waals surface area contributed by atoms with Gasteiger partial charge in [-0.3, -0.25) is 0 Å². The van der Waals surface area contributed by atoms with Crippen molar-refractivity contribution in [2.24, 2.45) is 0 Å². The molecule has 1 N–H and O–H groups in total. The largest absolute Gasteiger partial charge is 0.387 e. The molecule has 4 heterocycles. The number of morpholine rings is 1. The van der Waals surface area contributed by atoms with Crippen molar-refractivity contribution in [1.82, 2.24) is 14.9 Å². The molecule has 3 fully saturated rings. The van der Waals surface area contributed by atoms with Crippen LogP contribution in [0.4, 0.5) is 11.8 Å². The minimum absolute atomic E-state index is 0.631. The Balaban J connectivity index is 1.47. The zero-order valence-electron chi connectivity index (χ0n) is 16.6. The van der Waals surface area contributed by atoms with E-state index in [1.165, 1.54) is 19.3 Å². The molecule has 0 bridgehead atoms. The van der Waals surface area contributed by atoms with Gasteiger partial charge in [-0.1, -0.05) is 13.3 Å². The quantitative estimate of drug-likeness (QED) is 0.832. The first-order valence-corrected chi connectivity index (χ1v) is 10.6. The van der Waals surface area contributed by atoms with Crippen LogP contribution in [-0.2, 0) is 11.2 Å². The number of rotatable bonds is 5. The molecule has 1 aromatic heterocycles. The normalized spacial score (nSPS) is 27.3. The molecule has 3 aliphatic heterocycles. The van der Waals surface area contributed by atoms with Crippen LogP contribution >= 0.6 is 0 Å². The number of hydrogen-bond acceptors (Lipinski definition) is 7. The molecule has 0 aromatic carbocycles. The maximum atomic E-state index is 11.2. The van der Waals surface area contributed by atoms with Crippen molar-refractivity contribution in [2.45, 2.75) is 44.6 Å². The van der Waals surface area contributed by atoms with Crippen molar-refractivity contribution in [2.75, 3.05) is 68.8 Å². The lowest BCUT2D eigenvalue weighted by molar-refractivity contribution is 0.0169. The van der Waals surface area contributed by atoms with E-state index in [9.17, 15) is 5.11 Å². The highest BCUT2D eigenvalue weighted by Gasteiger charge is 2.38. The van der Waals surface area contributed by atoms with E-state index >= 15 is 0 Å². The molecular formula is C20H33N5O2. The molecule has 7 heteroatoms. The van der Waals surface area contributed by atoms with E-state index in [4.69, 9.17) is 14.7 Å². The lowest BCUT2D eigenvalue weighted by Gasteiger charge is -2.34. The van der Waals surface area contributed by atoms with E-state index in [-0.39, 0.29) is 0 Å². The van der Waals surface area contributed by atoms with Crippen LogP contribution in [0.25, 0.3) is 0 Å². The van der Waals surface area contributed by atoms with Gasteiger partial charge in [-0.25, -0.2) is 4.98 Å². The molecule has 150 valence electrons. The van der Waals surface area contributed by atoms with Crippen LogP contribution in [0.2, 0.25) is 0 Å². The predicted molar refractivity (Wildman–Crippen MR) is 107 cm³/mol. The van der Waals surface area contributed by atoms with E-state index in [2.05, 4.69) is 27.7 Å². The number of aliphatic hydroxyl groups is 1. The Morgan fingerprint density at radius 1 is 1.04 bits per heavy atom. The number of piperidine rings is 1. The summed E-state index contributed by atoms with van der Waals surface area (Å²) in [5.41, 5.74) is 0.432. The maximum Gasteiger partial charge on any atom is 0.227 e. The molecule has 7 nitrogen and oxygen atoms in total. The molecule has 1 atom stereocenters. The lowest BCUT2D eigenvalue weighted by atomic mass is 10.0. The number of aromatic nitrogens is 2. The lowest BCUT2D eigenvalue weighted by Crippen LogP contribution is -2.46. The third kappa shape index (κ3) is 4.52. The summed E-state index contributed by atoms with van der Waals surface area (Å²) in [6.07, 6.45) is 5.54. The number of hydrogen-bond donors (Lipinski definition) is 1. The second kappa shape index (κ2) is 8.29. The van der Waals surface area contributed by atoms with Crippen molar-refractivity contribution in [3.05, 3.63) is 11.8 Å². The van der Waals surface area contributed by atoms with E-state index in [1.54, 1.807) is 0 Å². The number of likely N-dealkylation sites (tertiary alicyclic amines) is 1. The zero-order valence-corrected chi connectivity index (χ0v) is 16.6. The Labute approximate surface area is 162 Å². The summed E-state index contributed by atoms with van der Waals surface area (Å²) in [5.74, 6) is 1.76. The minimum Gasteiger partial charge on any atom is -0.387 e. The fraction of sp³-hybridized carbons (Fsp3) is 0.800. The molecule has 27 heavy (non-hydrogen) atoms. The van der Waals surface area contributed by atoms with Crippen LogP contribution in [-0.4, -0.2) is 84.6 Å². The molecule has 0 amide bonds. The van der Waals surface area contributed by atoms with E-state index in [0.29, 0.717) is 6.54 Å². The molecule has 1 unspecified atom stereocenters. The molecule has 0 aliphatic carbocycles. The Kier molecular flexibility index (Phi) is 5.80. The van der Waals surface area contributed by atoms with Crippen LogP contribution in [0.5, 0.6) is 0 Å². The Morgan fingerprint density at radius 3 is 2.56 bits per heavy atom. The van der Waals surface area contributed by atoms with Crippen LogP contribution in [0.15, 0.2) is 6.07 Å². The van der Waals surface area contributed by atoms with Crippen molar-refractivity contribution >= 4 is 11.8 Å². The summed E-state index contributed by atoms with van der Waals surface area (Å²) >= 11 is 0. The van der Waals surface area contributed by atoms with Crippen molar-refractivity contribution < 1.29 is 9.84 Å². The van der Waals surface area contributed by atoms with Gasteiger partial charge in [0.1, 0.15) is 5.82 Å². The van der Waals surface area contributed by atoms with Crippen LogP contribution in [0, 0.1) is 0 Å². The van der Waals surface area contributed by atoms with Crippen molar-refractivity contribution in [1.29, 1.82) is 0 Å². The molecular weight excluding hydrogens is 342 g/mol. The highest BCUT2D eigenvalue weighted by atomic mass is 16.5. The monoisotopic (exact) mass is 375 g/mol.